The van der Waals surface area contributed by atoms with Crippen molar-refractivity contribution in [2.45, 2.75) is 25.3 Å². The molecule has 0 bridgehead atoms. The van der Waals surface area contributed by atoms with Crippen LogP contribution in [-0.4, -0.2) is 73.7 Å². The minimum atomic E-state index is 0.0752. The number of likely N-dealkylation sites (tertiary alicyclic amines) is 1. The molecule has 6 heteroatoms. The van der Waals surface area contributed by atoms with Crippen molar-refractivity contribution in [3.8, 4) is 11.5 Å². The number of benzene rings is 1. The molecule has 3 rings (SSSR count). The van der Waals surface area contributed by atoms with Crippen molar-refractivity contribution in [1.29, 1.82) is 0 Å². The number of carbonyl (C=O) groups is 1. The summed E-state index contributed by atoms with van der Waals surface area (Å²) >= 11 is 1.97. The lowest BCUT2D eigenvalue weighted by Crippen LogP contribution is -2.47. The van der Waals surface area contributed by atoms with Crippen molar-refractivity contribution < 1.29 is 14.3 Å². The smallest absolute Gasteiger partial charge is 0.257 e. The molecule has 2 fully saturated rings. The second kappa shape index (κ2) is 8.81. The largest absolute Gasteiger partial charge is 0.497 e. The van der Waals surface area contributed by atoms with E-state index in [0.29, 0.717) is 17.1 Å². The Balaban J connectivity index is 1.81. The average Bonchev–Trinajstić information content (AvgIpc) is 3.05. The van der Waals surface area contributed by atoms with Crippen LogP contribution in [0.3, 0.4) is 0 Å². The van der Waals surface area contributed by atoms with Gasteiger partial charge in [-0.25, -0.2) is 0 Å². The molecular weight excluding hydrogens is 336 g/mol. The van der Waals surface area contributed by atoms with Gasteiger partial charge >= 0.3 is 0 Å². The van der Waals surface area contributed by atoms with Crippen LogP contribution in [-0.2, 0) is 0 Å². The lowest BCUT2D eigenvalue weighted by Gasteiger charge is -2.33. The molecule has 1 amide bonds. The van der Waals surface area contributed by atoms with E-state index >= 15 is 0 Å². The highest BCUT2D eigenvalue weighted by Gasteiger charge is 2.30. The third-order valence-corrected chi connectivity index (χ3v) is 6.20. The van der Waals surface area contributed by atoms with Gasteiger partial charge in [0.05, 0.1) is 25.8 Å². The van der Waals surface area contributed by atoms with Crippen LogP contribution >= 0.6 is 11.8 Å². The van der Waals surface area contributed by atoms with Crippen LogP contribution in [0.5, 0.6) is 11.5 Å². The van der Waals surface area contributed by atoms with E-state index in [0.717, 1.165) is 44.1 Å². The summed E-state index contributed by atoms with van der Waals surface area (Å²) in [6.07, 6.45) is 3.60. The van der Waals surface area contributed by atoms with E-state index in [-0.39, 0.29) is 11.9 Å². The predicted octanol–water partition coefficient (Wildman–Crippen LogP) is 2.75. The Kier molecular flexibility index (Phi) is 6.48. The van der Waals surface area contributed by atoms with Crippen LogP contribution in [0.25, 0.3) is 0 Å². The fourth-order valence-electron chi connectivity index (χ4n) is 3.64. The molecule has 138 valence electrons. The standard InChI is InChI=1S/C19H28N2O3S/c1-23-16-6-7-17(18(12-16)24-2)19(22)21-10-5-11-25-14-15(21)13-20-8-3-4-9-20/h6-7,12,15H,3-5,8-11,13-14H2,1-2H3. The van der Waals surface area contributed by atoms with Gasteiger partial charge < -0.3 is 19.3 Å². The number of thioether (sulfide) groups is 1. The van der Waals surface area contributed by atoms with Crippen LogP contribution in [0.15, 0.2) is 18.2 Å². The Morgan fingerprint density at radius 1 is 1.16 bits per heavy atom. The summed E-state index contributed by atoms with van der Waals surface area (Å²) in [4.78, 5) is 17.9. The molecule has 5 nitrogen and oxygen atoms in total. The van der Waals surface area contributed by atoms with Gasteiger partial charge in [-0.1, -0.05) is 0 Å². The molecule has 1 aromatic rings. The quantitative estimate of drug-likeness (QED) is 0.804. The van der Waals surface area contributed by atoms with Crippen LogP contribution in [0.2, 0.25) is 0 Å². The van der Waals surface area contributed by atoms with Gasteiger partial charge in [0.1, 0.15) is 11.5 Å². The number of hydrogen-bond acceptors (Lipinski definition) is 5. The van der Waals surface area contributed by atoms with Gasteiger partial charge in [0, 0.05) is 24.9 Å². The first-order chi connectivity index (χ1) is 12.2. The molecule has 2 saturated heterocycles. The minimum Gasteiger partial charge on any atom is -0.497 e. The maximum Gasteiger partial charge on any atom is 0.257 e. The minimum absolute atomic E-state index is 0.0752. The molecule has 0 N–H and O–H groups in total. The van der Waals surface area contributed by atoms with Crippen LogP contribution in [0.1, 0.15) is 29.6 Å². The van der Waals surface area contributed by atoms with Gasteiger partial charge in [-0.05, 0) is 50.2 Å². The zero-order chi connectivity index (χ0) is 17.6. The van der Waals surface area contributed by atoms with Gasteiger partial charge in [0.15, 0.2) is 0 Å². The summed E-state index contributed by atoms with van der Waals surface area (Å²) in [5.41, 5.74) is 0.627. The molecule has 25 heavy (non-hydrogen) atoms. The van der Waals surface area contributed by atoms with Gasteiger partial charge in [-0.2, -0.15) is 11.8 Å². The summed E-state index contributed by atoms with van der Waals surface area (Å²) in [5.74, 6) is 3.50. The Hall–Kier alpha value is -1.40. The van der Waals surface area contributed by atoms with Crippen LogP contribution < -0.4 is 9.47 Å². The van der Waals surface area contributed by atoms with Gasteiger partial charge in [0.2, 0.25) is 0 Å². The molecule has 0 radical (unpaired) electrons. The summed E-state index contributed by atoms with van der Waals surface area (Å²) < 4.78 is 10.7. The second-order valence-electron chi connectivity index (χ2n) is 6.65. The molecule has 2 aliphatic heterocycles. The lowest BCUT2D eigenvalue weighted by molar-refractivity contribution is 0.0663. The van der Waals surface area contributed by atoms with Gasteiger partial charge in [-0.15, -0.1) is 0 Å². The Labute approximate surface area is 154 Å². The number of amides is 1. The highest BCUT2D eigenvalue weighted by Crippen LogP contribution is 2.28. The zero-order valence-corrected chi connectivity index (χ0v) is 16.0. The van der Waals surface area contributed by atoms with Crippen molar-refractivity contribution in [3.63, 3.8) is 0 Å². The topological polar surface area (TPSA) is 42.0 Å². The Morgan fingerprint density at radius 3 is 2.68 bits per heavy atom. The summed E-state index contributed by atoms with van der Waals surface area (Å²) in [6.45, 7) is 4.13. The maximum atomic E-state index is 13.3. The number of methoxy groups -OCH3 is 2. The molecule has 1 atom stereocenters. The van der Waals surface area contributed by atoms with Crippen molar-refractivity contribution in [2.75, 3.05) is 51.9 Å². The van der Waals surface area contributed by atoms with Crippen LogP contribution in [0, 0.1) is 0 Å². The third kappa shape index (κ3) is 4.42. The first-order valence-electron chi connectivity index (χ1n) is 9.06. The molecular formula is C19H28N2O3S. The molecule has 2 aliphatic rings. The molecule has 0 spiro atoms. The van der Waals surface area contributed by atoms with Crippen molar-refractivity contribution >= 4 is 17.7 Å². The molecule has 0 aromatic heterocycles. The number of carbonyl (C=O) groups excluding carboxylic acids is 1. The monoisotopic (exact) mass is 364 g/mol. The molecule has 1 unspecified atom stereocenters. The first kappa shape index (κ1) is 18.4. The van der Waals surface area contributed by atoms with Crippen molar-refractivity contribution in [3.05, 3.63) is 23.8 Å². The maximum absolute atomic E-state index is 13.3. The number of ether oxygens (including phenoxy) is 2. The number of nitrogens with zero attached hydrogens (tertiary/aromatic N) is 2. The summed E-state index contributed by atoms with van der Waals surface area (Å²) in [6, 6.07) is 5.71. The van der Waals surface area contributed by atoms with E-state index in [1.54, 1.807) is 20.3 Å². The summed E-state index contributed by atoms with van der Waals surface area (Å²) in [5, 5.41) is 0. The molecule has 2 heterocycles. The zero-order valence-electron chi connectivity index (χ0n) is 15.2. The van der Waals surface area contributed by atoms with E-state index in [2.05, 4.69) is 9.80 Å². The SMILES string of the molecule is COc1ccc(C(=O)N2CCCSCC2CN2CCCC2)c(OC)c1. The second-order valence-corrected chi connectivity index (χ2v) is 7.80. The third-order valence-electron chi connectivity index (χ3n) is 5.01. The number of hydrogen-bond donors (Lipinski definition) is 0. The normalized spacial score (nSPS) is 21.8. The predicted molar refractivity (Wildman–Crippen MR) is 102 cm³/mol. The highest BCUT2D eigenvalue weighted by atomic mass is 32.2. The van der Waals surface area contributed by atoms with E-state index < -0.39 is 0 Å². The van der Waals surface area contributed by atoms with Crippen LogP contribution in [0.4, 0.5) is 0 Å². The molecule has 1 aromatic carbocycles. The molecule has 0 aliphatic carbocycles. The van der Waals surface area contributed by atoms with Crippen molar-refractivity contribution in [1.82, 2.24) is 9.80 Å². The van der Waals surface area contributed by atoms with E-state index in [1.165, 1.54) is 12.8 Å². The van der Waals surface area contributed by atoms with Gasteiger partial charge in [-0.3, -0.25) is 4.79 Å². The first-order valence-corrected chi connectivity index (χ1v) is 10.2. The van der Waals surface area contributed by atoms with E-state index in [9.17, 15) is 4.79 Å². The fourth-order valence-corrected chi connectivity index (χ4v) is 4.70. The average molecular weight is 365 g/mol. The Morgan fingerprint density at radius 2 is 1.96 bits per heavy atom. The van der Waals surface area contributed by atoms with E-state index in [4.69, 9.17) is 9.47 Å². The van der Waals surface area contributed by atoms with Crippen molar-refractivity contribution in [2.24, 2.45) is 0 Å². The highest BCUT2D eigenvalue weighted by molar-refractivity contribution is 7.99. The lowest BCUT2D eigenvalue weighted by atomic mass is 10.1. The summed E-state index contributed by atoms with van der Waals surface area (Å²) in [7, 11) is 3.22. The van der Waals surface area contributed by atoms with E-state index in [1.807, 2.05) is 23.9 Å². The Bertz CT molecular complexity index is 590. The van der Waals surface area contributed by atoms with Gasteiger partial charge in [0.25, 0.3) is 5.91 Å². The number of rotatable bonds is 5. The fraction of sp³-hybridized carbons (Fsp3) is 0.632. The molecule has 0 saturated carbocycles.